The maximum absolute atomic E-state index is 3.63. The Morgan fingerprint density at radius 2 is 1.75 bits per heavy atom. The highest BCUT2D eigenvalue weighted by Gasteiger charge is 2.33. The summed E-state index contributed by atoms with van der Waals surface area (Å²) in [6.45, 7) is 12.9. The molecule has 0 spiro atoms. The zero-order valence-electron chi connectivity index (χ0n) is 9.20. The molecule has 1 N–H and O–H groups in total. The molecule has 72 valence electrons. The van der Waals surface area contributed by atoms with E-state index in [4.69, 9.17) is 0 Å². The molecule has 1 aliphatic heterocycles. The van der Waals surface area contributed by atoms with Crippen LogP contribution in [0.5, 0.6) is 0 Å². The summed E-state index contributed by atoms with van der Waals surface area (Å²) in [7, 11) is 0. The van der Waals surface area contributed by atoms with E-state index in [0.29, 0.717) is 11.0 Å². The zero-order valence-corrected chi connectivity index (χ0v) is 9.20. The predicted octanol–water partition coefficient (Wildman–Crippen LogP) is 2.81. The van der Waals surface area contributed by atoms with Gasteiger partial charge in [0.15, 0.2) is 0 Å². The molecule has 1 atom stereocenters. The molecule has 1 heterocycles. The number of hydrogen-bond acceptors (Lipinski definition) is 1. The number of hydrogen-bond donors (Lipinski definition) is 1. The average molecular weight is 169 g/mol. The summed E-state index contributed by atoms with van der Waals surface area (Å²) in [5, 5.41) is 3.63. The van der Waals surface area contributed by atoms with Crippen LogP contribution < -0.4 is 5.32 Å². The Morgan fingerprint density at radius 3 is 2.33 bits per heavy atom. The van der Waals surface area contributed by atoms with Crippen LogP contribution in [-0.4, -0.2) is 12.1 Å². The van der Waals surface area contributed by atoms with Gasteiger partial charge in [-0.25, -0.2) is 0 Å². The molecule has 1 nitrogen and oxygen atoms in total. The van der Waals surface area contributed by atoms with Crippen molar-refractivity contribution in [2.24, 2.45) is 11.3 Å². The average Bonchev–Trinajstić information content (AvgIpc) is 1.86. The lowest BCUT2D eigenvalue weighted by Gasteiger charge is -2.32. The van der Waals surface area contributed by atoms with E-state index in [0.717, 1.165) is 5.92 Å². The third-order valence-electron chi connectivity index (χ3n) is 2.75. The molecule has 0 radical (unpaired) electrons. The second kappa shape index (κ2) is 3.02. The van der Waals surface area contributed by atoms with Crippen molar-refractivity contribution in [3.63, 3.8) is 0 Å². The fourth-order valence-corrected chi connectivity index (χ4v) is 2.80. The normalized spacial score (nSPS) is 34.2. The molecule has 0 amide bonds. The van der Waals surface area contributed by atoms with Crippen LogP contribution in [0.4, 0.5) is 0 Å². The number of rotatable bonds is 0. The first-order chi connectivity index (χ1) is 5.31. The van der Waals surface area contributed by atoms with E-state index in [-0.39, 0.29) is 0 Å². The molecular formula is C11H23N. The molecule has 1 rings (SSSR count). The van der Waals surface area contributed by atoms with Gasteiger partial charge in [-0.15, -0.1) is 0 Å². The van der Waals surface area contributed by atoms with Gasteiger partial charge in [0.05, 0.1) is 0 Å². The van der Waals surface area contributed by atoms with Crippen LogP contribution in [-0.2, 0) is 0 Å². The van der Waals surface area contributed by atoms with Crippen LogP contribution in [0, 0.1) is 11.3 Å². The first kappa shape index (κ1) is 10.0. The lowest BCUT2D eigenvalue weighted by atomic mass is 9.77. The lowest BCUT2D eigenvalue weighted by molar-refractivity contribution is 0.234. The van der Waals surface area contributed by atoms with Crippen LogP contribution in [0.25, 0.3) is 0 Å². The highest BCUT2D eigenvalue weighted by molar-refractivity contribution is 4.90. The third-order valence-corrected chi connectivity index (χ3v) is 2.75. The Kier molecular flexibility index (Phi) is 2.53. The molecule has 0 aromatic carbocycles. The van der Waals surface area contributed by atoms with Crippen LogP contribution in [0.2, 0.25) is 0 Å². The van der Waals surface area contributed by atoms with Gasteiger partial charge in [0.1, 0.15) is 0 Å². The Bertz CT molecular complexity index is 158. The van der Waals surface area contributed by atoms with Crippen molar-refractivity contribution < 1.29 is 0 Å². The summed E-state index contributed by atoms with van der Waals surface area (Å²) in [5.41, 5.74) is 0.834. The molecule has 12 heavy (non-hydrogen) atoms. The smallest absolute Gasteiger partial charge is 0.0130 e. The van der Waals surface area contributed by atoms with Gasteiger partial charge in [-0.1, -0.05) is 20.8 Å². The van der Waals surface area contributed by atoms with Crippen LogP contribution in [0.15, 0.2) is 0 Å². The topological polar surface area (TPSA) is 12.0 Å². The summed E-state index contributed by atoms with van der Waals surface area (Å²) >= 11 is 0. The highest BCUT2D eigenvalue weighted by Crippen LogP contribution is 2.36. The Labute approximate surface area is 76.9 Å². The standard InChI is InChI=1S/C11H23N/c1-9-6-10(2,3)8-11(4,5)12-7-9/h9,12H,6-8H2,1-5H3/t9-/m0/s1. The fourth-order valence-electron chi connectivity index (χ4n) is 2.80. The van der Waals surface area contributed by atoms with Gasteiger partial charge in [-0.3, -0.25) is 0 Å². The molecule has 0 bridgehead atoms. The van der Waals surface area contributed by atoms with E-state index in [9.17, 15) is 0 Å². The van der Waals surface area contributed by atoms with Crippen molar-refractivity contribution in [3.8, 4) is 0 Å². The summed E-state index contributed by atoms with van der Waals surface area (Å²) in [6, 6.07) is 0. The van der Waals surface area contributed by atoms with Gasteiger partial charge in [0.2, 0.25) is 0 Å². The minimum atomic E-state index is 0.328. The zero-order chi connectivity index (χ0) is 9.41. The first-order valence-corrected chi connectivity index (χ1v) is 5.06. The van der Waals surface area contributed by atoms with E-state index in [1.165, 1.54) is 19.4 Å². The van der Waals surface area contributed by atoms with Crippen molar-refractivity contribution in [3.05, 3.63) is 0 Å². The van der Waals surface area contributed by atoms with Gasteiger partial charge in [-0.2, -0.15) is 0 Å². The van der Waals surface area contributed by atoms with E-state index in [2.05, 4.69) is 39.9 Å². The van der Waals surface area contributed by atoms with Gasteiger partial charge in [0, 0.05) is 5.54 Å². The van der Waals surface area contributed by atoms with Gasteiger partial charge in [0.25, 0.3) is 0 Å². The second-order valence-electron chi connectivity index (χ2n) is 5.92. The minimum Gasteiger partial charge on any atom is -0.312 e. The first-order valence-electron chi connectivity index (χ1n) is 5.06. The Hall–Kier alpha value is -0.0400. The SMILES string of the molecule is C[C@@H]1CNC(C)(C)CC(C)(C)C1. The monoisotopic (exact) mass is 169 g/mol. The maximum atomic E-state index is 3.63. The molecular weight excluding hydrogens is 146 g/mol. The Balaban J connectivity index is 2.69. The summed E-state index contributed by atoms with van der Waals surface area (Å²) in [4.78, 5) is 0. The van der Waals surface area contributed by atoms with Crippen molar-refractivity contribution >= 4 is 0 Å². The highest BCUT2D eigenvalue weighted by atomic mass is 15.0. The van der Waals surface area contributed by atoms with Crippen molar-refractivity contribution in [2.45, 2.75) is 53.0 Å². The fraction of sp³-hybridized carbons (Fsp3) is 1.00. The molecule has 1 fully saturated rings. The van der Waals surface area contributed by atoms with Crippen molar-refractivity contribution in [2.75, 3.05) is 6.54 Å². The molecule has 0 aromatic heterocycles. The minimum absolute atomic E-state index is 0.328. The molecule has 0 aromatic rings. The van der Waals surface area contributed by atoms with E-state index >= 15 is 0 Å². The molecule has 1 aliphatic rings. The Morgan fingerprint density at radius 1 is 1.17 bits per heavy atom. The summed E-state index contributed by atoms with van der Waals surface area (Å²) in [6.07, 6.45) is 2.63. The number of nitrogens with one attached hydrogen (secondary N) is 1. The maximum Gasteiger partial charge on any atom is 0.0130 e. The van der Waals surface area contributed by atoms with Crippen LogP contribution >= 0.6 is 0 Å². The van der Waals surface area contributed by atoms with Crippen molar-refractivity contribution in [1.82, 2.24) is 5.32 Å². The molecule has 1 heteroatoms. The quantitative estimate of drug-likeness (QED) is 0.588. The third kappa shape index (κ3) is 2.78. The molecule has 0 aliphatic carbocycles. The van der Waals surface area contributed by atoms with E-state index in [1.54, 1.807) is 0 Å². The van der Waals surface area contributed by atoms with Crippen LogP contribution in [0.1, 0.15) is 47.5 Å². The second-order valence-corrected chi connectivity index (χ2v) is 5.92. The predicted molar refractivity (Wildman–Crippen MR) is 54.3 cm³/mol. The van der Waals surface area contributed by atoms with Gasteiger partial charge in [-0.05, 0) is 44.6 Å². The van der Waals surface area contributed by atoms with E-state index < -0.39 is 0 Å². The van der Waals surface area contributed by atoms with Crippen molar-refractivity contribution in [1.29, 1.82) is 0 Å². The molecule has 0 saturated carbocycles. The molecule has 0 unspecified atom stereocenters. The van der Waals surface area contributed by atoms with E-state index in [1.807, 2.05) is 0 Å². The summed E-state index contributed by atoms with van der Waals surface area (Å²) in [5.74, 6) is 0.821. The lowest BCUT2D eigenvalue weighted by Crippen LogP contribution is -2.41. The van der Waals surface area contributed by atoms with Gasteiger partial charge < -0.3 is 5.32 Å². The van der Waals surface area contributed by atoms with Crippen LogP contribution in [0.3, 0.4) is 0 Å². The molecule has 1 saturated heterocycles. The largest absolute Gasteiger partial charge is 0.312 e. The van der Waals surface area contributed by atoms with Gasteiger partial charge >= 0.3 is 0 Å². The summed E-state index contributed by atoms with van der Waals surface area (Å²) < 4.78 is 0.